The third-order valence-electron chi connectivity index (χ3n) is 4.09. The Balaban J connectivity index is 1.89. The van der Waals surface area contributed by atoms with E-state index >= 15 is 0 Å². The van der Waals surface area contributed by atoms with Crippen LogP contribution >= 0.6 is 11.3 Å². The number of aryl methyl sites for hydroxylation is 2. The summed E-state index contributed by atoms with van der Waals surface area (Å²) in [5, 5.41) is 9.68. The van der Waals surface area contributed by atoms with Gasteiger partial charge < -0.3 is 20.7 Å². The van der Waals surface area contributed by atoms with Crippen molar-refractivity contribution in [1.29, 1.82) is 0 Å². The Morgan fingerprint density at radius 3 is 2.71 bits per heavy atom. The molecule has 10 heteroatoms. The Morgan fingerprint density at radius 1 is 1.29 bits per heavy atom. The van der Waals surface area contributed by atoms with Gasteiger partial charge in [-0.05, 0) is 33.1 Å². The molecule has 28 heavy (non-hydrogen) atoms. The average Bonchev–Trinajstić information content (AvgIpc) is 2.96. The molecule has 1 atom stereocenters. The van der Waals surface area contributed by atoms with Crippen LogP contribution < -0.4 is 16.0 Å². The van der Waals surface area contributed by atoms with Crippen LogP contribution in [-0.4, -0.2) is 39.5 Å². The van der Waals surface area contributed by atoms with Gasteiger partial charge in [-0.1, -0.05) is 25.2 Å². The third kappa shape index (κ3) is 4.22. The van der Waals surface area contributed by atoms with Gasteiger partial charge in [-0.3, -0.25) is 4.79 Å². The van der Waals surface area contributed by atoms with Crippen LogP contribution in [0.15, 0.2) is 0 Å². The van der Waals surface area contributed by atoms with Gasteiger partial charge in [-0.15, -0.1) is 0 Å². The standard InChI is InChI=1S/C18H24N6O3S/c1-6-27-17(26)13-9(4)19-18(28-13)24-15-12-14(20-10(5)21-15)22-11(7-8(2)3)16(25)23-12/h8,11H,6-7H2,1-5H3,(H,23,25)(H2,19,20,21,22,24). The SMILES string of the molecule is CCOC(=O)c1sc(Nc2nc(C)nc3c2NC(=O)C(CC(C)C)N3)nc1C. The average molecular weight is 404 g/mol. The number of fused-ring (bicyclic) bond motifs is 1. The van der Waals surface area contributed by atoms with Crippen molar-refractivity contribution in [2.45, 2.75) is 47.1 Å². The number of carbonyl (C=O) groups is 2. The number of thiazole rings is 1. The Kier molecular flexibility index (Phi) is 5.78. The highest BCUT2D eigenvalue weighted by molar-refractivity contribution is 7.17. The van der Waals surface area contributed by atoms with Crippen LogP contribution in [-0.2, 0) is 9.53 Å². The molecule has 3 N–H and O–H groups in total. The van der Waals surface area contributed by atoms with Gasteiger partial charge in [0.15, 0.2) is 16.8 Å². The van der Waals surface area contributed by atoms with E-state index in [1.54, 1.807) is 20.8 Å². The second kappa shape index (κ2) is 8.09. The van der Waals surface area contributed by atoms with Crippen molar-refractivity contribution >= 4 is 45.7 Å². The van der Waals surface area contributed by atoms with Gasteiger partial charge in [0.1, 0.15) is 22.4 Å². The van der Waals surface area contributed by atoms with Gasteiger partial charge in [-0.25, -0.2) is 19.7 Å². The first-order valence-corrected chi connectivity index (χ1v) is 9.97. The van der Waals surface area contributed by atoms with Gasteiger partial charge in [0.2, 0.25) is 5.91 Å². The predicted molar refractivity (Wildman–Crippen MR) is 108 cm³/mol. The van der Waals surface area contributed by atoms with Crippen LogP contribution in [0.2, 0.25) is 0 Å². The highest BCUT2D eigenvalue weighted by atomic mass is 32.1. The molecule has 0 aromatic carbocycles. The normalized spacial score (nSPS) is 15.6. The lowest BCUT2D eigenvalue weighted by molar-refractivity contribution is -0.117. The molecule has 0 fully saturated rings. The second-order valence-electron chi connectivity index (χ2n) is 6.94. The number of rotatable bonds is 6. The van der Waals surface area contributed by atoms with Gasteiger partial charge in [-0.2, -0.15) is 0 Å². The fourth-order valence-electron chi connectivity index (χ4n) is 2.90. The molecule has 3 heterocycles. The van der Waals surface area contributed by atoms with Crippen LogP contribution in [0, 0.1) is 19.8 Å². The number of hydrogen-bond donors (Lipinski definition) is 3. The molecule has 1 amide bonds. The third-order valence-corrected chi connectivity index (χ3v) is 5.14. The molecular weight excluding hydrogens is 380 g/mol. The first-order valence-electron chi connectivity index (χ1n) is 9.16. The zero-order valence-corrected chi connectivity index (χ0v) is 17.4. The number of amides is 1. The van der Waals surface area contributed by atoms with Crippen molar-refractivity contribution in [1.82, 2.24) is 15.0 Å². The smallest absolute Gasteiger partial charge is 0.350 e. The second-order valence-corrected chi connectivity index (χ2v) is 7.94. The van der Waals surface area contributed by atoms with Crippen LogP contribution in [0.3, 0.4) is 0 Å². The molecule has 0 aliphatic carbocycles. The first-order chi connectivity index (χ1) is 13.3. The van der Waals surface area contributed by atoms with E-state index < -0.39 is 5.97 Å². The van der Waals surface area contributed by atoms with Crippen LogP contribution in [0.25, 0.3) is 0 Å². The van der Waals surface area contributed by atoms with Crippen molar-refractivity contribution < 1.29 is 14.3 Å². The fourth-order valence-corrected chi connectivity index (χ4v) is 3.76. The molecule has 150 valence electrons. The van der Waals surface area contributed by atoms with E-state index in [1.807, 2.05) is 0 Å². The van der Waals surface area contributed by atoms with Crippen LogP contribution in [0.1, 0.15) is 48.4 Å². The lowest BCUT2D eigenvalue weighted by Crippen LogP contribution is -2.40. The van der Waals surface area contributed by atoms with Gasteiger partial charge >= 0.3 is 5.97 Å². The number of carbonyl (C=O) groups excluding carboxylic acids is 2. The summed E-state index contributed by atoms with van der Waals surface area (Å²) in [4.78, 5) is 38.1. The van der Waals surface area contributed by atoms with Crippen molar-refractivity contribution in [3.63, 3.8) is 0 Å². The summed E-state index contributed by atoms with van der Waals surface area (Å²) in [6.07, 6.45) is 0.700. The van der Waals surface area contributed by atoms with E-state index in [1.165, 1.54) is 11.3 Å². The molecule has 0 radical (unpaired) electrons. The van der Waals surface area contributed by atoms with E-state index in [0.717, 1.165) is 0 Å². The maximum atomic E-state index is 12.5. The highest BCUT2D eigenvalue weighted by Gasteiger charge is 2.30. The number of aromatic nitrogens is 3. The summed E-state index contributed by atoms with van der Waals surface area (Å²) in [6.45, 7) is 9.70. The number of nitrogens with zero attached hydrogens (tertiary/aromatic N) is 3. The first kappa shape index (κ1) is 20.0. The van der Waals surface area contributed by atoms with Crippen molar-refractivity contribution in [3.05, 3.63) is 16.4 Å². The lowest BCUT2D eigenvalue weighted by Gasteiger charge is -2.28. The predicted octanol–water partition coefficient (Wildman–Crippen LogP) is 3.25. The summed E-state index contributed by atoms with van der Waals surface area (Å²) in [5.74, 6) is 1.38. The molecular formula is C18H24N6O3S. The van der Waals surface area contributed by atoms with E-state index in [0.29, 0.717) is 57.8 Å². The Hall–Kier alpha value is -2.75. The molecule has 1 unspecified atom stereocenters. The van der Waals surface area contributed by atoms with Crippen LogP contribution in [0.4, 0.5) is 22.5 Å². The molecule has 2 aromatic heterocycles. The molecule has 1 aliphatic heterocycles. The molecule has 3 rings (SSSR count). The van der Waals surface area contributed by atoms with E-state index in [4.69, 9.17) is 4.74 Å². The quantitative estimate of drug-likeness (QED) is 0.628. The van der Waals surface area contributed by atoms with Crippen molar-refractivity contribution in [2.75, 3.05) is 22.6 Å². The maximum Gasteiger partial charge on any atom is 0.350 e. The Bertz CT molecular complexity index is 911. The highest BCUT2D eigenvalue weighted by Crippen LogP contribution is 2.35. The molecule has 0 bridgehead atoms. The minimum absolute atomic E-state index is 0.126. The minimum atomic E-state index is -0.405. The van der Waals surface area contributed by atoms with Gasteiger partial charge in [0, 0.05) is 0 Å². The zero-order chi connectivity index (χ0) is 20.4. The topological polar surface area (TPSA) is 118 Å². The minimum Gasteiger partial charge on any atom is -0.462 e. The largest absolute Gasteiger partial charge is 0.462 e. The zero-order valence-electron chi connectivity index (χ0n) is 16.5. The van der Waals surface area contributed by atoms with Gasteiger partial charge in [0.05, 0.1) is 12.3 Å². The number of esters is 1. The molecule has 0 spiro atoms. The lowest BCUT2D eigenvalue weighted by atomic mass is 10.0. The number of anilines is 4. The van der Waals surface area contributed by atoms with Crippen LogP contribution in [0.5, 0.6) is 0 Å². The van der Waals surface area contributed by atoms with E-state index in [-0.39, 0.29) is 11.9 Å². The molecule has 1 aliphatic rings. The summed E-state index contributed by atoms with van der Waals surface area (Å²) >= 11 is 1.18. The Labute approximate surface area is 167 Å². The van der Waals surface area contributed by atoms with Crippen molar-refractivity contribution in [2.24, 2.45) is 5.92 Å². The maximum absolute atomic E-state index is 12.5. The molecule has 9 nitrogen and oxygen atoms in total. The number of ether oxygens (including phenoxy) is 1. The summed E-state index contributed by atoms with van der Waals surface area (Å²) < 4.78 is 5.05. The summed E-state index contributed by atoms with van der Waals surface area (Å²) in [5.41, 5.74) is 1.05. The summed E-state index contributed by atoms with van der Waals surface area (Å²) in [6, 6.07) is -0.341. The van der Waals surface area contributed by atoms with Gasteiger partial charge in [0.25, 0.3) is 0 Å². The summed E-state index contributed by atoms with van der Waals surface area (Å²) in [7, 11) is 0. The number of nitrogens with one attached hydrogen (secondary N) is 3. The Morgan fingerprint density at radius 2 is 2.04 bits per heavy atom. The monoisotopic (exact) mass is 404 g/mol. The fraction of sp³-hybridized carbons (Fsp3) is 0.500. The van der Waals surface area contributed by atoms with E-state index in [9.17, 15) is 9.59 Å². The van der Waals surface area contributed by atoms with E-state index in [2.05, 4.69) is 44.7 Å². The number of hydrogen-bond acceptors (Lipinski definition) is 9. The molecule has 2 aromatic rings. The molecule has 0 saturated carbocycles. The molecule has 0 saturated heterocycles. The van der Waals surface area contributed by atoms with Crippen molar-refractivity contribution in [3.8, 4) is 0 Å².